The molecule has 0 amide bonds. The van der Waals surface area contributed by atoms with Crippen molar-refractivity contribution < 1.29 is 0 Å². The normalized spacial score (nSPS) is 12.0. The van der Waals surface area contributed by atoms with E-state index < -0.39 is 0 Å². The highest BCUT2D eigenvalue weighted by molar-refractivity contribution is 7.07. The van der Waals surface area contributed by atoms with Gasteiger partial charge in [0.15, 0.2) is 4.80 Å². The third-order valence-corrected chi connectivity index (χ3v) is 6.77. The minimum absolute atomic E-state index is 0.541. The molecule has 154 valence electrons. The molecule has 0 aliphatic heterocycles. The Morgan fingerprint density at radius 3 is 2.77 bits per heavy atom. The number of hydrogen-bond acceptors (Lipinski definition) is 3. The van der Waals surface area contributed by atoms with Gasteiger partial charge in [-0.1, -0.05) is 47.5 Å². The summed E-state index contributed by atoms with van der Waals surface area (Å²) >= 11 is 14.0. The van der Waals surface area contributed by atoms with E-state index in [-0.39, 0.29) is 0 Å². The molecule has 0 fully saturated rings. The molecule has 0 spiro atoms. The summed E-state index contributed by atoms with van der Waals surface area (Å²) in [5.41, 5.74) is 5.33. The molecule has 0 radical (unpaired) electrons. The number of pyridine rings is 1. The van der Waals surface area contributed by atoms with Gasteiger partial charge in [-0.2, -0.15) is 0 Å². The molecule has 0 saturated carbocycles. The van der Waals surface area contributed by atoms with Crippen LogP contribution in [0.3, 0.4) is 0 Å². The standard InChI is InChI=1S/C24H18Cl2N4S/c25-20-8-7-16(12-21(20)26)23-15-31-24(29-18-4-3-10-27-14-18)30(23)11-9-17-13-28-22-6-2-1-5-19(17)22/h1-8,10,12-15,28H,9,11H2. The van der Waals surface area contributed by atoms with Crippen molar-refractivity contribution in [3.8, 4) is 11.3 Å². The van der Waals surface area contributed by atoms with Crippen molar-refractivity contribution in [3.05, 3.63) is 99.0 Å². The molecule has 0 saturated heterocycles. The molecule has 0 atom stereocenters. The molecule has 3 heterocycles. The van der Waals surface area contributed by atoms with Gasteiger partial charge in [-0.25, -0.2) is 4.99 Å². The van der Waals surface area contributed by atoms with Crippen molar-refractivity contribution in [2.24, 2.45) is 4.99 Å². The molecular weight excluding hydrogens is 447 g/mol. The number of aromatic nitrogens is 3. The lowest BCUT2D eigenvalue weighted by Gasteiger charge is -2.10. The van der Waals surface area contributed by atoms with E-state index in [0.717, 1.165) is 40.2 Å². The summed E-state index contributed by atoms with van der Waals surface area (Å²) in [7, 11) is 0. The van der Waals surface area contributed by atoms with E-state index in [1.54, 1.807) is 23.7 Å². The monoisotopic (exact) mass is 464 g/mol. The summed E-state index contributed by atoms with van der Waals surface area (Å²) in [5.74, 6) is 0. The van der Waals surface area contributed by atoms with Crippen molar-refractivity contribution in [3.63, 3.8) is 0 Å². The number of aryl methyl sites for hydroxylation is 1. The van der Waals surface area contributed by atoms with E-state index in [1.807, 2.05) is 36.4 Å². The summed E-state index contributed by atoms with van der Waals surface area (Å²) in [4.78, 5) is 13.3. The predicted molar refractivity (Wildman–Crippen MR) is 129 cm³/mol. The van der Waals surface area contributed by atoms with Crippen LogP contribution in [0.15, 0.2) is 83.6 Å². The molecular formula is C24H18Cl2N4S. The van der Waals surface area contributed by atoms with Crippen LogP contribution in [0.2, 0.25) is 10.0 Å². The lowest BCUT2D eigenvalue weighted by atomic mass is 10.1. The second-order valence-corrected chi connectivity index (χ2v) is 8.77. The second-order valence-electron chi connectivity index (χ2n) is 7.12. The quantitative estimate of drug-likeness (QED) is 0.302. The molecule has 0 aliphatic rings. The van der Waals surface area contributed by atoms with Crippen LogP contribution in [0, 0.1) is 0 Å². The van der Waals surface area contributed by atoms with Crippen LogP contribution in [-0.4, -0.2) is 14.5 Å². The van der Waals surface area contributed by atoms with Crippen LogP contribution in [0.5, 0.6) is 0 Å². The van der Waals surface area contributed by atoms with Crippen LogP contribution in [0.4, 0.5) is 5.69 Å². The maximum Gasteiger partial charge on any atom is 0.190 e. The second kappa shape index (κ2) is 8.71. The Kier molecular flexibility index (Phi) is 5.64. The highest BCUT2D eigenvalue weighted by Gasteiger charge is 2.12. The Labute approximate surface area is 193 Å². The number of benzene rings is 2. The fourth-order valence-corrected chi connectivity index (χ4v) is 4.88. The van der Waals surface area contributed by atoms with Gasteiger partial charge in [-0.05, 0) is 42.3 Å². The highest BCUT2D eigenvalue weighted by atomic mass is 35.5. The van der Waals surface area contributed by atoms with Crippen LogP contribution in [0.1, 0.15) is 5.56 Å². The molecule has 5 aromatic rings. The molecule has 7 heteroatoms. The maximum atomic E-state index is 6.30. The highest BCUT2D eigenvalue weighted by Crippen LogP contribution is 2.29. The van der Waals surface area contributed by atoms with Gasteiger partial charge in [-0.15, -0.1) is 11.3 Å². The van der Waals surface area contributed by atoms with Gasteiger partial charge in [0, 0.05) is 40.8 Å². The summed E-state index contributed by atoms with van der Waals surface area (Å²) in [6.45, 7) is 0.778. The average Bonchev–Trinajstić information content (AvgIpc) is 3.39. The number of nitrogens with one attached hydrogen (secondary N) is 1. The molecule has 4 nitrogen and oxygen atoms in total. The largest absolute Gasteiger partial charge is 0.361 e. The fraction of sp³-hybridized carbons (Fsp3) is 0.0833. The molecule has 0 unspecified atom stereocenters. The first-order chi connectivity index (χ1) is 15.2. The lowest BCUT2D eigenvalue weighted by Crippen LogP contribution is -2.17. The summed E-state index contributed by atoms with van der Waals surface area (Å²) in [6, 6.07) is 17.9. The van der Waals surface area contributed by atoms with E-state index in [0.29, 0.717) is 10.0 Å². The number of aromatic amines is 1. The Hall–Kier alpha value is -2.86. The van der Waals surface area contributed by atoms with E-state index >= 15 is 0 Å². The predicted octanol–water partition coefficient (Wildman–Crippen LogP) is 6.87. The first kappa shape index (κ1) is 20.1. The fourth-order valence-electron chi connectivity index (χ4n) is 3.62. The van der Waals surface area contributed by atoms with Gasteiger partial charge in [0.1, 0.15) is 0 Å². The number of thiazole rings is 1. The van der Waals surface area contributed by atoms with E-state index in [4.69, 9.17) is 28.2 Å². The van der Waals surface area contributed by atoms with Gasteiger partial charge >= 0.3 is 0 Å². The molecule has 3 aromatic heterocycles. The van der Waals surface area contributed by atoms with E-state index in [2.05, 4.69) is 44.3 Å². The average molecular weight is 465 g/mol. The van der Waals surface area contributed by atoms with Crippen molar-refractivity contribution >= 4 is 51.1 Å². The van der Waals surface area contributed by atoms with Gasteiger partial charge in [0.05, 0.1) is 27.6 Å². The maximum absolute atomic E-state index is 6.30. The van der Waals surface area contributed by atoms with Crippen molar-refractivity contribution in [1.82, 2.24) is 14.5 Å². The third kappa shape index (κ3) is 4.17. The Morgan fingerprint density at radius 2 is 1.94 bits per heavy atom. The van der Waals surface area contributed by atoms with Crippen LogP contribution in [0.25, 0.3) is 22.2 Å². The first-order valence-corrected chi connectivity index (χ1v) is 11.5. The van der Waals surface area contributed by atoms with Crippen molar-refractivity contribution in [2.45, 2.75) is 13.0 Å². The molecule has 5 rings (SSSR count). The minimum Gasteiger partial charge on any atom is -0.361 e. The zero-order valence-corrected chi connectivity index (χ0v) is 18.8. The van der Waals surface area contributed by atoms with Gasteiger partial charge in [0.25, 0.3) is 0 Å². The zero-order chi connectivity index (χ0) is 21.2. The van der Waals surface area contributed by atoms with Crippen molar-refractivity contribution in [1.29, 1.82) is 0 Å². The summed E-state index contributed by atoms with van der Waals surface area (Å²) < 4.78 is 2.24. The molecule has 1 N–H and O–H groups in total. The number of nitrogens with zero attached hydrogens (tertiary/aromatic N) is 3. The summed E-state index contributed by atoms with van der Waals surface area (Å²) in [5, 5.41) is 4.45. The number of hydrogen-bond donors (Lipinski definition) is 1. The Bertz CT molecular complexity index is 1420. The Morgan fingerprint density at radius 1 is 1.03 bits per heavy atom. The Balaban J connectivity index is 1.57. The van der Waals surface area contributed by atoms with Gasteiger partial charge in [-0.3, -0.25) is 4.98 Å². The van der Waals surface area contributed by atoms with Gasteiger partial charge in [0.2, 0.25) is 0 Å². The van der Waals surface area contributed by atoms with Crippen LogP contribution in [-0.2, 0) is 13.0 Å². The van der Waals surface area contributed by atoms with Crippen molar-refractivity contribution in [2.75, 3.05) is 0 Å². The lowest BCUT2D eigenvalue weighted by molar-refractivity contribution is 0.686. The van der Waals surface area contributed by atoms with Crippen LogP contribution >= 0.6 is 34.5 Å². The van der Waals surface area contributed by atoms with E-state index in [9.17, 15) is 0 Å². The molecule has 0 bridgehead atoms. The number of para-hydroxylation sites is 1. The summed E-state index contributed by atoms with van der Waals surface area (Å²) in [6.07, 6.45) is 6.48. The smallest absolute Gasteiger partial charge is 0.190 e. The van der Waals surface area contributed by atoms with E-state index in [1.165, 1.54) is 10.9 Å². The minimum atomic E-state index is 0.541. The molecule has 2 aromatic carbocycles. The van der Waals surface area contributed by atoms with Crippen LogP contribution < -0.4 is 4.80 Å². The first-order valence-electron chi connectivity index (χ1n) is 9.82. The number of fused-ring (bicyclic) bond motifs is 1. The molecule has 0 aliphatic carbocycles. The third-order valence-electron chi connectivity index (χ3n) is 5.16. The van der Waals surface area contributed by atoms with Gasteiger partial charge < -0.3 is 9.55 Å². The number of halogens is 2. The zero-order valence-electron chi connectivity index (χ0n) is 16.4. The topological polar surface area (TPSA) is 46.0 Å². The number of H-pyrrole nitrogens is 1. The SMILES string of the molecule is Clc1ccc(-c2csc(=Nc3cccnc3)n2CCc2c[nH]c3ccccc23)cc1Cl. The number of rotatable bonds is 5. The molecule has 31 heavy (non-hydrogen) atoms.